The Balaban J connectivity index is 1.90. The molecule has 0 saturated carbocycles. The lowest BCUT2D eigenvalue weighted by atomic mass is 10.1. The molecule has 2 aromatic carbocycles. The number of imidazole rings is 1. The number of hydrogen-bond donors (Lipinski definition) is 1. The van der Waals surface area contributed by atoms with E-state index in [2.05, 4.69) is 6.07 Å². The van der Waals surface area contributed by atoms with E-state index in [-0.39, 0.29) is 6.54 Å². The zero-order valence-electron chi connectivity index (χ0n) is 13.0. The Hall–Kier alpha value is -3.04. The third-order valence-corrected chi connectivity index (χ3v) is 4.09. The van der Waals surface area contributed by atoms with Crippen LogP contribution in [0.25, 0.3) is 22.4 Å². The van der Waals surface area contributed by atoms with Crippen molar-refractivity contribution in [1.29, 1.82) is 5.26 Å². The normalized spacial score (nSPS) is 13.0. The van der Waals surface area contributed by atoms with Gasteiger partial charge >= 0.3 is 0 Å². The molecule has 2 N–H and O–H groups in total. The van der Waals surface area contributed by atoms with Crippen molar-refractivity contribution < 1.29 is 9.47 Å². The zero-order valence-corrected chi connectivity index (χ0v) is 13.0. The van der Waals surface area contributed by atoms with Gasteiger partial charge in [-0.1, -0.05) is 24.3 Å². The molecule has 0 spiro atoms. The summed E-state index contributed by atoms with van der Waals surface area (Å²) < 4.78 is 13.2. The summed E-state index contributed by atoms with van der Waals surface area (Å²) in [5.41, 5.74) is 9.30. The quantitative estimate of drug-likeness (QED) is 0.801. The summed E-state index contributed by atoms with van der Waals surface area (Å²) in [4.78, 5) is 4.71. The minimum Gasteiger partial charge on any atom is -0.486 e. The fraction of sp³-hybridized carbons (Fsp3) is 0.222. The van der Waals surface area contributed by atoms with Crippen LogP contribution in [0.5, 0.6) is 11.5 Å². The molecule has 0 radical (unpaired) electrons. The van der Waals surface area contributed by atoms with E-state index < -0.39 is 0 Å². The van der Waals surface area contributed by atoms with Gasteiger partial charge in [-0.05, 0) is 5.56 Å². The fourth-order valence-electron chi connectivity index (χ4n) is 2.90. The molecule has 3 aromatic rings. The van der Waals surface area contributed by atoms with Crippen LogP contribution in [-0.2, 0) is 13.1 Å². The highest BCUT2D eigenvalue weighted by molar-refractivity contribution is 5.84. The Morgan fingerprint density at radius 3 is 2.50 bits per heavy atom. The third-order valence-electron chi connectivity index (χ3n) is 4.09. The molecule has 0 atom stereocenters. The summed E-state index contributed by atoms with van der Waals surface area (Å²) in [5, 5.41) is 9.22. The first kappa shape index (κ1) is 14.5. The topological polar surface area (TPSA) is 86.1 Å². The Kier molecular flexibility index (Phi) is 3.56. The number of benzene rings is 2. The number of fused-ring (bicyclic) bond motifs is 2. The Morgan fingerprint density at radius 2 is 1.83 bits per heavy atom. The average Bonchev–Trinajstić information content (AvgIpc) is 2.98. The lowest BCUT2D eigenvalue weighted by Gasteiger charge is -2.18. The second-order valence-electron chi connectivity index (χ2n) is 5.57. The summed E-state index contributed by atoms with van der Waals surface area (Å²) in [6.07, 6.45) is 0. The van der Waals surface area contributed by atoms with Gasteiger partial charge in [-0.15, -0.1) is 0 Å². The molecule has 0 bridgehead atoms. The van der Waals surface area contributed by atoms with Gasteiger partial charge in [-0.25, -0.2) is 4.98 Å². The first-order valence-corrected chi connectivity index (χ1v) is 7.76. The monoisotopic (exact) mass is 320 g/mol. The van der Waals surface area contributed by atoms with Crippen molar-refractivity contribution in [3.63, 3.8) is 0 Å². The maximum Gasteiger partial charge on any atom is 0.163 e. The fourth-order valence-corrected chi connectivity index (χ4v) is 2.90. The Bertz CT molecular complexity index is 938. The number of rotatable bonds is 3. The van der Waals surface area contributed by atoms with E-state index in [4.69, 9.17) is 20.2 Å². The van der Waals surface area contributed by atoms with E-state index in [9.17, 15) is 5.26 Å². The number of aromatic nitrogens is 2. The van der Waals surface area contributed by atoms with Gasteiger partial charge < -0.3 is 19.8 Å². The molecule has 0 unspecified atom stereocenters. The number of nitrogens with zero attached hydrogens (tertiary/aromatic N) is 3. The van der Waals surface area contributed by atoms with Crippen molar-refractivity contribution in [2.75, 3.05) is 13.2 Å². The Labute approximate surface area is 139 Å². The first-order chi connectivity index (χ1) is 11.8. The number of nitriles is 1. The van der Waals surface area contributed by atoms with Crippen LogP contribution < -0.4 is 15.2 Å². The highest BCUT2D eigenvalue weighted by Crippen LogP contribution is 2.36. The highest BCUT2D eigenvalue weighted by Gasteiger charge is 2.18. The molecule has 1 aromatic heterocycles. The number of hydrogen-bond acceptors (Lipinski definition) is 5. The molecule has 0 fully saturated rings. The lowest BCUT2D eigenvalue weighted by Crippen LogP contribution is -2.15. The molecule has 120 valence electrons. The van der Waals surface area contributed by atoms with Crippen LogP contribution in [0.15, 0.2) is 36.4 Å². The van der Waals surface area contributed by atoms with Gasteiger partial charge in [0, 0.05) is 24.2 Å². The largest absolute Gasteiger partial charge is 0.486 e. The molecular weight excluding hydrogens is 304 g/mol. The molecule has 0 aliphatic carbocycles. The molecule has 2 heterocycles. The van der Waals surface area contributed by atoms with E-state index in [1.54, 1.807) is 0 Å². The van der Waals surface area contributed by atoms with Gasteiger partial charge in [-0.2, -0.15) is 5.26 Å². The minimum atomic E-state index is 0.212. The van der Waals surface area contributed by atoms with E-state index in [0.717, 1.165) is 28.0 Å². The molecule has 0 saturated heterocycles. The summed E-state index contributed by atoms with van der Waals surface area (Å²) >= 11 is 0. The standard InChI is InChI=1S/C18H16N4O2/c19-5-6-22-15-10-17-16(23-7-8-24-17)9-14(15)21-18(22)13-3-1-12(11-20)2-4-13/h1-4,9-10H,6-8,11,20H2. The maximum atomic E-state index is 9.22. The van der Waals surface area contributed by atoms with Gasteiger partial charge in [0.25, 0.3) is 0 Å². The van der Waals surface area contributed by atoms with Crippen LogP contribution in [-0.4, -0.2) is 22.8 Å². The predicted molar refractivity (Wildman–Crippen MR) is 89.7 cm³/mol. The molecule has 6 nitrogen and oxygen atoms in total. The van der Waals surface area contributed by atoms with Crippen molar-refractivity contribution >= 4 is 11.0 Å². The van der Waals surface area contributed by atoms with Crippen LogP contribution in [0.1, 0.15) is 5.56 Å². The van der Waals surface area contributed by atoms with E-state index in [1.165, 1.54) is 0 Å². The lowest BCUT2D eigenvalue weighted by molar-refractivity contribution is 0.172. The molecular formula is C18H16N4O2. The van der Waals surface area contributed by atoms with Gasteiger partial charge in [0.05, 0.1) is 17.1 Å². The minimum absolute atomic E-state index is 0.212. The number of nitrogens with two attached hydrogens (primary N) is 1. The van der Waals surface area contributed by atoms with E-state index in [0.29, 0.717) is 31.3 Å². The van der Waals surface area contributed by atoms with Crippen molar-refractivity contribution in [3.05, 3.63) is 42.0 Å². The first-order valence-electron chi connectivity index (χ1n) is 7.76. The second kappa shape index (κ2) is 5.87. The second-order valence-corrected chi connectivity index (χ2v) is 5.57. The SMILES string of the molecule is N#CCn1c(-c2ccc(CN)cc2)nc2cc3c(cc21)OCCO3. The summed E-state index contributed by atoms with van der Waals surface area (Å²) in [5.74, 6) is 2.13. The van der Waals surface area contributed by atoms with Crippen molar-refractivity contribution in [3.8, 4) is 29.0 Å². The Morgan fingerprint density at radius 1 is 1.12 bits per heavy atom. The van der Waals surface area contributed by atoms with Crippen LogP contribution in [0.2, 0.25) is 0 Å². The smallest absolute Gasteiger partial charge is 0.163 e. The van der Waals surface area contributed by atoms with Crippen molar-refractivity contribution in [2.24, 2.45) is 5.73 Å². The van der Waals surface area contributed by atoms with Gasteiger partial charge in [0.15, 0.2) is 11.5 Å². The zero-order chi connectivity index (χ0) is 16.5. The predicted octanol–water partition coefficient (Wildman–Crippen LogP) is 2.46. The summed E-state index contributed by atoms with van der Waals surface area (Å²) in [7, 11) is 0. The third kappa shape index (κ3) is 2.36. The number of ether oxygens (including phenoxy) is 2. The molecule has 24 heavy (non-hydrogen) atoms. The van der Waals surface area contributed by atoms with Crippen LogP contribution in [0.4, 0.5) is 0 Å². The van der Waals surface area contributed by atoms with Gasteiger partial charge in [-0.3, -0.25) is 0 Å². The molecule has 6 heteroatoms. The van der Waals surface area contributed by atoms with Crippen molar-refractivity contribution in [2.45, 2.75) is 13.1 Å². The molecule has 0 amide bonds. The van der Waals surface area contributed by atoms with E-state index in [1.807, 2.05) is 41.0 Å². The van der Waals surface area contributed by atoms with Crippen LogP contribution in [0.3, 0.4) is 0 Å². The highest BCUT2D eigenvalue weighted by atomic mass is 16.6. The molecule has 1 aliphatic heterocycles. The summed E-state index contributed by atoms with van der Waals surface area (Å²) in [6.45, 7) is 1.77. The van der Waals surface area contributed by atoms with Gasteiger partial charge in [0.1, 0.15) is 25.6 Å². The van der Waals surface area contributed by atoms with E-state index >= 15 is 0 Å². The van der Waals surface area contributed by atoms with Gasteiger partial charge in [0.2, 0.25) is 0 Å². The van der Waals surface area contributed by atoms with Crippen LogP contribution >= 0.6 is 0 Å². The summed E-state index contributed by atoms with van der Waals surface area (Å²) in [6, 6.07) is 13.9. The molecule has 1 aliphatic rings. The average molecular weight is 320 g/mol. The van der Waals surface area contributed by atoms with Crippen LogP contribution in [0, 0.1) is 11.3 Å². The molecule has 4 rings (SSSR count). The maximum absolute atomic E-state index is 9.22. The van der Waals surface area contributed by atoms with Crippen molar-refractivity contribution in [1.82, 2.24) is 9.55 Å².